The molecule has 2 aliphatic rings. The molecule has 0 atom stereocenters. The van der Waals surface area contributed by atoms with E-state index in [9.17, 15) is 0 Å². The normalized spacial score (nSPS) is 20.0. The fraction of sp³-hybridized carbons (Fsp3) is 0.733. The van der Waals surface area contributed by atoms with Crippen LogP contribution in [0.1, 0.15) is 44.2 Å². The van der Waals surface area contributed by atoms with Gasteiger partial charge in [-0.05, 0) is 35.7 Å². The van der Waals surface area contributed by atoms with Crippen molar-refractivity contribution in [2.75, 3.05) is 43.1 Å². The Labute approximate surface area is 134 Å². The Morgan fingerprint density at radius 1 is 1.24 bits per heavy atom. The average Bonchev–Trinajstić information content (AvgIpc) is 3.04. The minimum Gasteiger partial charge on any atom is -0.378 e. The van der Waals surface area contributed by atoms with E-state index in [1.165, 1.54) is 31.4 Å². The van der Waals surface area contributed by atoms with Crippen molar-refractivity contribution in [2.45, 2.75) is 38.5 Å². The molecule has 1 aliphatic heterocycles. The average molecular weight is 355 g/mol. The van der Waals surface area contributed by atoms with E-state index in [2.05, 4.69) is 33.1 Å². The van der Waals surface area contributed by atoms with Gasteiger partial charge in [0.25, 0.3) is 0 Å². The summed E-state index contributed by atoms with van der Waals surface area (Å²) in [6.45, 7) is 6.22. The zero-order valence-corrected chi connectivity index (χ0v) is 14.2. The van der Waals surface area contributed by atoms with E-state index in [1.54, 1.807) is 0 Å². The van der Waals surface area contributed by atoms with E-state index in [1.807, 2.05) is 0 Å². The SMILES string of the molecule is CCNc1nc(N2CCOCC2)nc(C2CCCC2)c1Br. The van der Waals surface area contributed by atoms with Gasteiger partial charge >= 0.3 is 0 Å². The minimum absolute atomic E-state index is 0.569. The van der Waals surface area contributed by atoms with E-state index >= 15 is 0 Å². The number of nitrogens with zero attached hydrogens (tertiary/aromatic N) is 3. The summed E-state index contributed by atoms with van der Waals surface area (Å²) in [7, 11) is 0. The summed E-state index contributed by atoms with van der Waals surface area (Å²) in [5.41, 5.74) is 1.18. The standard InChI is InChI=1S/C15H23BrN4O/c1-2-17-14-12(16)13(11-5-3-4-6-11)18-15(19-14)20-7-9-21-10-8-20/h11H,2-10H2,1H3,(H,17,18,19). The maximum atomic E-state index is 5.43. The number of rotatable bonds is 4. The van der Waals surface area contributed by atoms with E-state index in [0.29, 0.717) is 5.92 Å². The van der Waals surface area contributed by atoms with Gasteiger partial charge < -0.3 is 15.0 Å². The summed E-state index contributed by atoms with van der Waals surface area (Å²) < 4.78 is 6.48. The van der Waals surface area contributed by atoms with Crippen LogP contribution in [0.4, 0.5) is 11.8 Å². The number of hydrogen-bond donors (Lipinski definition) is 1. The van der Waals surface area contributed by atoms with Crippen LogP contribution >= 0.6 is 15.9 Å². The van der Waals surface area contributed by atoms with Crippen LogP contribution in [-0.2, 0) is 4.74 Å². The molecule has 0 unspecified atom stereocenters. The second kappa shape index (κ2) is 6.92. The summed E-state index contributed by atoms with van der Waals surface area (Å²) in [5.74, 6) is 2.34. The third kappa shape index (κ3) is 3.31. The van der Waals surface area contributed by atoms with Crippen molar-refractivity contribution in [1.82, 2.24) is 9.97 Å². The first-order chi connectivity index (χ1) is 10.3. The lowest BCUT2D eigenvalue weighted by Gasteiger charge is -2.28. The van der Waals surface area contributed by atoms with E-state index in [4.69, 9.17) is 14.7 Å². The molecule has 21 heavy (non-hydrogen) atoms. The van der Waals surface area contributed by atoms with Crippen LogP contribution in [0, 0.1) is 0 Å². The van der Waals surface area contributed by atoms with Gasteiger partial charge in [-0.2, -0.15) is 4.98 Å². The van der Waals surface area contributed by atoms with Crippen LogP contribution in [0.2, 0.25) is 0 Å². The van der Waals surface area contributed by atoms with Crippen molar-refractivity contribution < 1.29 is 4.74 Å². The van der Waals surface area contributed by atoms with Crippen molar-refractivity contribution in [3.05, 3.63) is 10.2 Å². The lowest BCUT2D eigenvalue weighted by molar-refractivity contribution is 0.122. The number of nitrogens with one attached hydrogen (secondary N) is 1. The smallest absolute Gasteiger partial charge is 0.227 e. The topological polar surface area (TPSA) is 50.3 Å². The van der Waals surface area contributed by atoms with Gasteiger partial charge in [0.15, 0.2) is 0 Å². The van der Waals surface area contributed by atoms with Gasteiger partial charge in [-0.15, -0.1) is 0 Å². The molecule has 1 saturated heterocycles. The first kappa shape index (κ1) is 15.0. The van der Waals surface area contributed by atoms with Crippen LogP contribution < -0.4 is 10.2 Å². The van der Waals surface area contributed by atoms with Crippen molar-refractivity contribution in [2.24, 2.45) is 0 Å². The monoisotopic (exact) mass is 354 g/mol. The van der Waals surface area contributed by atoms with Gasteiger partial charge in [0.05, 0.1) is 23.4 Å². The Morgan fingerprint density at radius 3 is 2.62 bits per heavy atom. The summed E-state index contributed by atoms with van der Waals surface area (Å²) >= 11 is 3.72. The molecule has 116 valence electrons. The van der Waals surface area contributed by atoms with Gasteiger partial charge in [-0.1, -0.05) is 12.8 Å². The summed E-state index contributed by atoms with van der Waals surface area (Å²) in [4.78, 5) is 11.8. The maximum Gasteiger partial charge on any atom is 0.227 e. The Kier molecular flexibility index (Phi) is 4.95. The molecule has 1 aliphatic carbocycles. The molecule has 2 fully saturated rings. The fourth-order valence-electron chi connectivity index (χ4n) is 3.11. The summed E-state index contributed by atoms with van der Waals surface area (Å²) in [5, 5.41) is 3.36. The highest BCUT2D eigenvalue weighted by Gasteiger charge is 2.25. The minimum atomic E-state index is 0.569. The molecule has 0 bridgehead atoms. The molecule has 1 saturated carbocycles. The third-order valence-corrected chi connectivity index (χ3v) is 5.03. The molecule has 2 heterocycles. The predicted molar refractivity (Wildman–Crippen MR) is 88.1 cm³/mol. The molecular formula is C15H23BrN4O. The molecule has 3 rings (SSSR count). The summed E-state index contributed by atoms with van der Waals surface area (Å²) in [6, 6.07) is 0. The van der Waals surface area contributed by atoms with Crippen LogP contribution in [0.15, 0.2) is 4.47 Å². The second-order valence-electron chi connectivity index (χ2n) is 5.68. The lowest BCUT2D eigenvalue weighted by atomic mass is 10.0. The van der Waals surface area contributed by atoms with Gasteiger partial charge in [-0.25, -0.2) is 4.98 Å². The van der Waals surface area contributed by atoms with Gasteiger partial charge in [0, 0.05) is 25.6 Å². The van der Waals surface area contributed by atoms with Gasteiger partial charge in [0.1, 0.15) is 5.82 Å². The maximum absolute atomic E-state index is 5.43. The fourth-order valence-corrected chi connectivity index (χ4v) is 3.75. The largest absolute Gasteiger partial charge is 0.378 e. The summed E-state index contributed by atoms with van der Waals surface area (Å²) in [6.07, 6.45) is 5.10. The number of ether oxygens (including phenoxy) is 1. The van der Waals surface area contributed by atoms with Gasteiger partial charge in [-0.3, -0.25) is 0 Å². The highest BCUT2D eigenvalue weighted by molar-refractivity contribution is 9.10. The van der Waals surface area contributed by atoms with Crippen LogP contribution in [0.5, 0.6) is 0 Å². The molecule has 0 amide bonds. The molecule has 1 N–H and O–H groups in total. The molecular weight excluding hydrogens is 332 g/mol. The zero-order valence-electron chi connectivity index (χ0n) is 12.6. The number of aromatic nitrogens is 2. The van der Waals surface area contributed by atoms with Crippen molar-refractivity contribution >= 4 is 27.7 Å². The van der Waals surface area contributed by atoms with Crippen molar-refractivity contribution in [1.29, 1.82) is 0 Å². The van der Waals surface area contributed by atoms with E-state index in [0.717, 1.165) is 49.1 Å². The zero-order chi connectivity index (χ0) is 14.7. The lowest BCUT2D eigenvalue weighted by Crippen LogP contribution is -2.37. The Morgan fingerprint density at radius 2 is 1.95 bits per heavy atom. The van der Waals surface area contributed by atoms with Crippen molar-refractivity contribution in [3.8, 4) is 0 Å². The molecule has 0 aromatic carbocycles. The van der Waals surface area contributed by atoms with E-state index < -0.39 is 0 Å². The highest BCUT2D eigenvalue weighted by Crippen LogP contribution is 2.39. The number of hydrogen-bond acceptors (Lipinski definition) is 5. The molecule has 1 aromatic heterocycles. The number of halogens is 1. The van der Waals surface area contributed by atoms with Gasteiger partial charge in [0.2, 0.25) is 5.95 Å². The van der Waals surface area contributed by atoms with E-state index in [-0.39, 0.29) is 0 Å². The Bertz CT molecular complexity index is 485. The molecule has 0 spiro atoms. The number of anilines is 2. The molecule has 1 aromatic rings. The number of morpholine rings is 1. The molecule has 0 radical (unpaired) electrons. The first-order valence-electron chi connectivity index (χ1n) is 7.93. The van der Waals surface area contributed by atoms with Crippen LogP contribution in [-0.4, -0.2) is 42.8 Å². The third-order valence-electron chi connectivity index (χ3n) is 4.25. The Balaban J connectivity index is 1.94. The molecule has 6 heteroatoms. The quantitative estimate of drug-likeness (QED) is 0.899. The van der Waals surface area contributed by atoms with Crippen LogP contribution in [0.3, 0.4) is 0 Å². The van der Waals surface area contributed by atoms with Crippen LogP contribution in [0.25, 0.3) is 0 Å². The predicted octanol–water partition coefficient (Wildman–Crippen LogP) is 3.17. The molecule has 5 nitrogen and oxygen atoms in total. The highest BCUT2D eigenvalue weighted by atomic mass is 79.9. The first-order valence-corrected chi connectivity index (χ1v) is 8.73. The van der Waals surface area contributed by atoms with Crippen molar-refractivity contribution in [3.63, 3.8) is 0 Å². The Hall–Kier alpha value is -0.880. The second-order valence-corrected chi connectivity index (χ2v) is 6.48.